The minimum absolute atomic E-state index is 0.202. The SMILES string of the molecule is COc1cnc(C#N)c(-c2cc3[nH]c(=O)n(-c4cncc5ccccc45)c(=O)c3s2)c1. The highest BCUT2D eigenvalue weighted by atomic mass is 32.1. The molecule has 0 aliphatic carbocycles. The number of methoxy groups -OCH3 is 1. The summed E-state index contributed by atoms with van der Waals surface area (Å²) in [5.41, 5.74) is 0.509. The van der Waals surface area contributed by atoms with Crippen molar-refractivity contribution in [1.82, 2.24) is 19.5 Å². The topological polar surface area (TPSA) is 114 Å². The Hall–Kier alpha value is -4.29. The molecule has 0 spiro atoms. The summed E-state index contributed by atoms with van der Waals surface area (Å²) in [7, 11) is 1.51. The number of pyridine rings is 2. The van der Waals surface area contributed by atoms with Gasteiger partial charge in [-0.15, -0.1) is 11.3 Å². The zero-order valence-corrected chi connectivity index (χ0v) is 16.9. The highest BCUT2D eigenvalue weighted by molar-refractivity contribution is 7.22. The monoisotopic (exact) mass is 427 g/mol. The Labute approximate surface area is 178 Å². The molecule has 0 atom stereocenters. The predicted molar refractivity (Wildman–Crippen MR) is 118 cm³/mol. The maximum absolute atomic E-state index is 13.3. The van der Waals surface area contributed by atoms with Gasteiger partial charge >= 0.3 is 5.69 Å². The highest BCUT2D eigenvalue weighted by Crippen LogP contribution is 2.34. The lowest BCUT2D eigenvalue weighted by Crippen LogP contribution is -2.33. The van der Waals surface area contributed by atoms with Crippen molar-refractivity contribution in [2.24, 2.45) is 0 Å². The van der Waals surface area contributed by atoms with Gasteiger partial charge in [0, 0.05) is 27.4 Å². The average molecular weight is 427 g/mol. The lowest BCUT2D eigenvalue weighted by molar-refractivity contribution is 0.413. The van der Waals surface area contributed by atoms with Gasteiger partial charge in [0.15, 0.2) is 0 Å². The number of benzene rings is 1. The van der Waals surface area contributed by atoms with Crippen LogP contribution >= 0.6 is 11.3 Å². The molecule has 5 aromatic rings. The van der Waals surface area contributed by atoms with E-state index in [1.807, 2.05) is 30.3 Å². The maximum Gasteiger partial charge on any atom is 0.333 e. The van der Waals surface area contributed by atoms with Crippen LogP contribution < -0.4 is 16.0 Å². The fourth-order valence-corrected chi connectivity index (χ4v) is 4.53. The third-order valence-electron chi connectivity index (χ3n) is 4.93. The van der Waals surface area contributed by atoms with Gasteiger partial charge in [-0.1, -0.05) is 24.3 Å². The van der Waals surface area contributed by atoms with Crippen LogP contribution in [0.2, 0.25) is 0 Å². The number of nitriles is 1. The third kappa shape index (κ3) is 2.97. The minimum Gasteiger partial charge on any atom is -0.495 e. The van der Waals surface area contributed by atoms with Gasteiger partial charge in [-0.2, -0.15) is 5.26 Å². The molecule has 0 bridgehead atoms. The van der Waals surface area contributed by atoms with E-state index >= 15 is 0 Å². The van der Waals surface area contributed by atoms with Crippen LogP contribution in [-0.2, 0) is 0 Å². The van der Waals surface area contributed by atoms with Gasteiger partial charge in [0.25, 0.3) is 5.56 Å². The number of rotatable bonds is 3. The number of nitrogens with one attached hydrogen (secondary N) is 1. The average Bonchev–Trinajstić information content (AvgIpc) is 3.23. The molecule has 5 rings (SSSR count). The van der Waals surface area contributed by atoms with E-state index in [2.05, 4.69) is 15.0 Å². The lowest BCUT2D eigenvalue weighted by atomic mass is 10.1. The Morgan fingerprint density at radius 1 is 1.16 bits per heavy atom. The molecule has 8 nitrogen and oxygen atoms in total. The third-order valence-corrected chi connectivity index (χ3v) is 6.09. The van der Waals surface area contributed by atoms with Gasteiger partial charge in [-0.25, -0.2) is 14.3 Å². The van der Waals surface area contributed by atoms with E-state index in [-0.39, 0.29) is 5.69 Å². The maximum atomic E-state index is 13.3. The number of nitrogens with zero attached hydrogens (tertiary/aromatic N) is 4. The zero-order valence-electron chi connectivity index (χ0n) is 16.1. The van der Waals surface area contributed by atoms with Crippen molar-refractivity contribution < 1.29 is 4.74 Å². The molecule has 4 heterocycles. The van der Waals surface area contributed by atoms with Crippen LogP contribution in [-0.4, -0.2) is 26.6 Å². The number of hydrogen-bond acceptors (Lipinski definition) is 7. The molecule has 0 radical (unpaired) electrons. The van der Waals surface area contributed by atoms with Crippen molar-refractivity contribution in [3.8, 4) is 27.9 Å². The number of H-pyrrole nitrogens is 1. The molecule has 0 fully saturated rings. The molecule has 1 N–H and O–H groups in total. The largest absolute Gasteiger partial charge is 0.495 e. The van der Waals surface area contributed by atoms with Gasteiger partial charge < -0.3 is 9.72 Å². The van der Waals surface area contributed by atoms with E-state index in [9.17, 15) is 14.9 Å². The molecular formula is C22H13N5O3S. The Balaban J connectivity index is 1.78. The highest BCUT2D eigenvalue weighted by Gasteiger charge is 2.17. The second kappa shape index (κ2) is 7.19. The van der Waals surface area contributed by atoms with E-state index in [4.69, 9.17) is 4.74 Å². The molecular weight excluding hydrogens is 414 g/mol. The molecule has 31 heavy (non-hydrogen) atoms. The normalized spacial score (nSPS) is 11.0. The smallest absolute Gasteiger partial charge is 0.333 e. The first-order chi connectivity index (χ1) is 15.1. The van der Waals surface area contributed by atoms with E-state index in [1.54, 1.807) is 18.3 Å². The summed E-state index contributed by atoms with van der Waals surface area (Å²) < 4.78 is 6.66. The van der Waals surface area contributed by atoms with Crippen molar-refractivity contribution in [1.29, 1.82) is 5.26 Å². The molecule has 1 aromatic carbocycles. The van der Waals surface area contributed by atoms with Crippen molar-refractivity contribution in [3.05, 3.63) is 81.5 Å². The van der Waals surface area contributed by atoms with Crippen molar-refractivity contribution in [3.63, 3.8) is 0 Å². The Morgan fingerprint density at radius 2 is 2.00 bits per heavy atom. The lowest BCUT2D eigenvalue weighted by Gasteiger charge is -2.07. The van der Waals surface area contributed by atoms with E-state index in [1.165, 1.54) is 30.8 Å². The summed E-state index contributed by atoms with van der Waals surface area (Å²) >= 11 is 1.18. The summed E-state index contributed by atoms with van der Waals surface area (Å²) in [6, 6.07) is 12.8. The first kappa shape index (κ1) is 18.7. The predicted octanol–water partition coefficient (Wildman–Crippen LogP) is 3.23. The Morgan fingerprint density at radius 3 is 2.81 bits per heavy atom. The van der Waals surface area contributed by atoms with Crippen molar-refractivity contribution in [2.75, 3.05) is 7.11 Å². The number of hydrogen-bond donors (Lipinski definition) is 1. The van der Waals surface area contributed by atoms with Gasteiger partial charge in [0.1, 0.15) is 22.2 Å². The second-order valence-electron chi connectivity index (χ2n) is 6.69. The fraction of sp³-hybridized carbons (Fsp3) is 0.0455. The van der Waals surface area contributed by atoms with Crippen molar-refractivity contribution >= 4 is 32.3 Å². The zero-order chi connectivity index (χ0) is 21.5. The summed E-state index contributed by atoms with van der Waals surface area (Å²) in [5.74, 6) is 0.485. The van der Waals surface area contributed by atoms with E-state index in [0.29, 0.717) is 32.1 Å². The van der Waals surface area contributed by atoms with Crippen LogP contribution in [0, 0.1) is 11.3 Å². The van der Waals surface area contributed by atoms with Gasteiger partial charge in [-0.05, 0) is 12.1 Å². The standard InChI is InChI=1S/C22H13N5O3S/c1-30-13-6-15(17(8-23)25-10-13)19-7-16-20(31-19)21(28)27(22(29)26-16)18-11-24-9-12-4-2-3-5-14(12)18/h2-7,9-11H,1H3,(H,26,29). The van der Waals surface area contributed by atoms with Crippen LogP contribution in [0.3, 0.4) is 0 Å². The summed E-state index contributed by atoms with van der Waals surface area (Å²) in [5, 5.41) is 11.0. The summed E-state index contributed by atoms with van der Waals surface area (Å²) in [6.45, 7) is 0. The Bertz CT molecular complexity index is 1640. The number of fused-ring (bicyclic) bond motifs is 2. The van der Waals surface area contributed by atoms with Crippen LogP contribution in [0.5, 0.6) is 5.75 Å². The van der Waals surface area contributed by atoms with Gasteiger partial charge in [-0.3, -0.25) is 9.78 Å². The minimum atomic E-state index is -0.565. The van der Waals surface area contributed by atoms with Crippen LogP contribution in [0.1, 0.15) is 5.69 Å². The second-order valence-corrected chi connectivity index (χ2v) is 7.74. The number of aromatic amines is 1. The van der Waals surface area contributed by atoms with Crippen LogP contribution in [0.4, 0.5) is 0 Å². The fourth-order valence-electron chi connectivity index (χ4n) is 3.47. The quantitative estimate of drug-likeness (QED) is 0.473. The molecule has 0 saturated carbocycles. The number of aromatic nitrogens is 4. The molecule has 9 heteroatoms. The first-order valence-corrected chi connectivity index (χ1v) is 9.99. The number of ether oxygens (including phenoxy) is 1. The first-order valence-electron chi connectivity index (χ1n) is 9.17. The van der Waals surface area contributed by atoms with Crippen LogP contribution in [0.25, 0.3) is 37.1 Å². The molecule has 0 aliphatic heterocycles. The summed E-state index contributed by atoms with van der Waals surface area (Å²) in [4.78, 5) is 37.9. The van der Waals surface area contributed by atoms with Gasteiger partial charge in [0.05, 0.1) is 30.7 Å². The molecule has 0 unspecified atom stereocenters. The van der Waals surface area contributed by atoms with E-state index in [0.717, 1.165) is 15.3 Å². The number of thiophene rings is 1. The Kier molecular flexibility index (Phi) is 4.34. The summed E-state index contributed by atoms with van der Waals surface area (Å²) in [6.07, 6.45) is 4.63. The molecule has 0 amide bonds. The molecule has 150 valence electrons. The van der Waals surface area contributed by atoms with Crippen molar-refractivity contribution in [2.45, 2.75) is 0 Å². The van der Waals surface area contributed by atoms with Crippen LogP contribution in [0.15, 0.2) is 64.6 Å². The molecule has 4 aromatic heterocycles. The molecule has 0 saturated heterocycles. The molecule has 0 aliphatic rings. The van der Waals surface area contributed by atoms with Gasteiger partial charge in [0.2, 0.25) is 0 Å². The van der Waals surface area contributed by atoms with E-state index < -0.39 is 11.2 Å².